The Balaban J connectivity index is 1.90. The van der Waals surface area contributed by atoms with Gasteiger partial charge >= 0.3 is 0 Å². The van der Waals surface area contributed by atoms with E-state index < -0.39 is 5.76 Å². The number of hydrogen-bond acceptors (Lipinski definition) is 4. The Bertz CT molecular complexity index is 514. The third kappa shape index (κ3) is 4.93. The van der Waals surface area contributed by atoms with Crippen molar-refractivity contribution in [3.05, 3.63) is 24.3 Å². The molecule has 4 nitrogen and oxygen atoms in total. The summed E-state index contributed by atoms with van der Waals surface area (Å²) < 4.78 is 25.0. The minimum Gasteiger partial charge on any atom is -0.393 e. The molecule has 7 heteroatoms. The highest BCUT2D eigenvalue weighted by Gasteiger charge is 2.27. The number of hydrogen-bond donors (Lipinski definition) is 2. The van der Waals surface area contributed by atoms with Crippen molar-refractivity contribution in [3.8, 4) is 0 Å². The van der Waals surface area contributed by atoms with Crippen molar-refractivity contribution in [2.24, 2.45) is 5.92 Å². The average Bonchev–Trinajstić information content (AvgIpc) is 2.89. The van der Waals surface area contributed by atoms with Gasteiger partial charge in [0.2, 0.25) is 5.91 Å². The number of halogens is 2. The number of benzene rings is 1. The molecule has 0 spiro atoms. The normalized spacial score (nSPS) is 20.3. The first-order valence-corrected chi connectivity index (χ1v) is 8.08. The lowest BCUT2D eigenvalue weighted by atomic mass is 10.0. The molecule has 1 fully saturated rings. The van der Waals surface area contributed by atoms with Crippen LogP contribution in [0, 0.1) is 5.92 Å². The van der Waals surface area contributed by atoms with Crippen molar-refractivity contribution in [3.63, 3.8) is 0 Å². The van der Waals surface area contributed by atoms with Crippen LogP contribution in [0.15, 0.2) is 29.2 Å². The molecule has 0 bridgehead atoms. The lowest BCUT2D eigenvalue weighted by Gasteiger charge is -2.17. The first kappa shape index (κ1) is 17.2. The van der Waals surface area contributed by atoms with Crippen molar-refractivity contribution in [1.82, 2.24) is 4.90 Å². The third-order valence-electron chi connectivity index (χ3n) is 3.74. The number of rotatable bonds is 6. The molecule has 2 N–H and O–H groups in total. The van der Waals surface area contributed by atoms with E-state index in [0.717, 1.165) is 13.0 Å². The molecule has 122 valence electrons. The Morgan fingerprint density at radius 3 is 2.86 bits per heavy atom. The Morgan fingerprint density at radius 2 is 2.23 bits per heavy atom. The summed E-state index contributed by atoms with van der Waals surface area (Å²) in [6, 6.07) is 6.54. The number of carbonyl (C=O) groups is 1. The smallest absolute Gasteiger partial charge is 0.288 e. The number of para-hydroxylation sites is 1. The predicted molar refractivity (Wildman–Crippen MR) is 83.2 cm³/mol. The Hall–Kier alpha value is -1.18. The average molecular weight is 330 g/mol. The molecule has 22 heavy (non-hydrogen) atoms. The number of aliphatic hydroxyl groups excluding tert-OH is 1. The first-order valence-electron chi connectivity index (χ1n) is 7.20. The minimum atomic E-state index is -2.52. The Morgan fingerprint density at radius 1 is 1.50 bits per heavy atom. The van der Waals surface area contributed by atoms with E-state index in [2.05, 4.69) is 5.32 Å². The van der Waals surface area contributed by atoms with Crippen LogP contribution in [-0.4, -0.2) is 47.4 Å². The molecule has 1 aliphatic heterocycles. The molecule has 1 aliphatic rings. The van der Waals surface area contributed by atoms with Gasteiger partial charge in [0.15, 0.2) is 0 Å². The summed E-state index contributed by atoms with van der Waals surface area (Å²) in [4.78, 5) is 14.4. The van der Waals surface area contributed by atoms with E-state index in [1.54, 1.807) is 31.2 Å². The van der Waals surface area contributed by atoms with E-state index in [1.165, 1.54) is 0 Å². The third-order valence-corrected chi connectivity index (χ3v) is 4.52. The van der Waals surface area contributed by atoms with Crippen LogP contribution >= 0.6 is 11.8 Å². The van der Waals surface area contributed by atoms with Crippen molar-refractivity contribution in [2.45, 2.75) is 30.1 Å². The highest BCUT2D eigenvalue weighted by atomic mass is 32.2. The first-order chi connectivity index (χ1) is 10.5. The van der Waals surface area contributed by atoms with Gasteiger partial charge in [-0.15, -0.1) is 0 Å². The lowest BCUT2D eigenvalue weighted by Crippen LogP contribution is -2.32. The summed E-state index contributed by atoms with van der Waals surface area (Å²) in [6.45, 7) is 3.40. The van der Waals surface area contributed by atoms with E-state index in [-0.39, 0.29) is 24.5 Å². The number of likely N-dealkylation sites (tertiary alicyclic amines) is 1. The van der Waals surface area contributed by atoms with Crippen LogP contribution in [0.2, 0.25) is 0 Å². The second kappa shape index (κ2) is 7.89. The van der Waals surface area contributed by atoms with Crippen LogP contribution < -0.4 is 5.32 Å². The number of anilines is 1. The highest BCUT2D eigenvalue weighted by Crippen LogP contribution is 2.31. The fraction of sp³-hybridized carbons (Fsp3) is 0.533. The number of thioether (sulfide) groups is 1. The Kier molecular flexibility index (Phi) is 6.16. The van der Waals surface area contributed by atoms with Gasteiger partial charge in [-0.2, -0.15) is 8.78 Å². The van der Waals surface area contributed by atoms with E-state index in [1.807, 2.05) is 4.90 Å². The molecule has 1 aromatic carbocycles. The van der Waals surface area contributed by atoms with Crippen molar-refractivity contribution < 1.29 is 18.7 Å². The quantitative estimate of drug-likeness (QED) is 0.788. The van der Waals surface area contributed by atoms with E-state index in [4.69, 9.17) is 0 Å². The highest BCUT2D eigenvalue weighted by molar-refractivity contribution is 7.99. The van der Waals surface area contributed by atoms with Crippen molar-refractivity contribution >= 4 is 23.4 Å². The SMILES string of the molecule is CC(O)C1CCN(CC(=O)Nc2ccccc2SC(F)F)C1. The summed E-state index contributed by atoms with van der Waals surface area (Å²) >= 11 is 0.419. The standard InChI is InChI=1S/C15H20F2N2O2S/c1-10(20)11-6-7-19(8-11)9-14(21)18-12-4-2-3-5-13(12)22-15(16)17/h2-5,10-11,15,20H,6-9H2,1H3,(H,18,21). The second-order valence-corrected chi connectivity index (χ2v) is 6.48. The number of nitrogens with zero attached hydrogens (tertiary/aromatic N) is 1. The number of carbonyl (C=O) groups excluding carboxylic acids is 1. The maximum atomic E-state index is 12.5. The molecule has 0 radical (unpaired) electrons. The summed E-state index contributed by atoms with van der Waals surface area (Å²) in [5, 5.41) is 12.2. The molecule has 1 aromatic rings. The van der Waals surface area contributed by atoms with Gasteiger partial charge in [0, 0.05) is 11.4 Å². The topological polar surface area (TPSA) is 52.6 Å². The van der Waals surface area contributed by atoms with Crippen LogP contribution in [0.1, 0.15) is 13.3 Å². The number of nitrogens with one attached hydrogen (secondary N) is 1. The molecular formula is C15H20F2N2O2S. The van der Waals surface area contributed by atoms with Crippen LogP contribution in [-0.2, 0) is 4.79 Å². The maximum absolute atomic E-state index is 12.5. The summed E-state index contributed by atoms with van der Waals surface area (Å²) in [5.41, 5.74) is 0.407. The van der Waals surface area contributed by atoms with Crippen molar-refractivity contribution in [1.29, 1.82) is 0 Å². The number of aliphatic hydroxyl groups is 1. The van der Waals surface area contributed by atoms with Crippen LogP contribution in [0.25, 0.3) is 0 Å². The largest absolute Gasteiger partial charge is 0.393 e. The van der Waals surface area contributed by atoms with Gasteiger partial charge in [0.25, 0.3) is 5.76 Å². The van der Waals surface area contributed by atoms with E-state index in [0.29, 0.717) is 28.9 Å². The van der Waals surface area contributed by atoms with Gasteiger partial charge in [0.05, 0.1) is 18.3 Å². The lowest BCUT2D eigenvalue weighted by molar-refractivity contribution is -0.117. The van der Waals surface area contributed by atoms with Crippen LogP contribution in [0.4, 0.5) is 14.5 Å². The summed E-state index contributed by atoms with van der Waals surface area (Å²) in [7, 11) is 0. The molecular weight excluding hydrogens is 310 g/mol. The van der Waals surface area contributed by atoms with Gasteiger partial charge in [-0.3, -0.25) is 9.69 Å². The van der Waals surface area contributed by atoms with Crippen LogP contribution in [0.3, 0.4) is 0 Å². The molecule has 2 rings (SSSR count). The fourth-order valence-corrected chi connectivity index (χ4v) is 3.16. The Labute approximate surface area is 132 Å². The molecule has 2 atom stereocenters. The summed E-state index contributed by atoms with van der Waals surface area (Å²) in [6.07, 6.45) is 0.485. The van der Waals surface area contributed by atoms with Gasteiger partial charge in [-0.1, -0.05) is 23.9 Å². The van der Waals surface area contributed by atoms with Gasteiger partial charge in [-0.05, 0) is 37.9 Å². The molecule has 0 saturated carbocycles. The maximum Gasteiger partial charge on any atom is 0.288 e. The monoisotopic (exact) mass is 330 g/mol. The number of amides is 1. The van der Waals surface area contributed by atoms with E-state index in [9.17, 15) is 18.7 Å². The summed E-state index contributed by atoms with van der Waals surface area (Å²) in [5.74, 6) is -2.56. The zero-order valence-corrected chi connectivity index (χ0v) is 13.2. The second-order valence-electron chi connectivity index (χ2n) is 5.45. The molecule has 0 aliphatic carbocycles. The molecule has 1 amide bonds. The fourth-order valence-electron chi connectivity index (χ4n) is 2.56. The zero-order chi connectivity index (χ0) is 16.1. The van der Waals surface area contributed by atoms with E-state index >= 15 is 0 Å². The van der Waals surface area contributed by atoms with Gasteiger partial charge in [-0.25, -0.2) is 0 Å². The van der Waals surface area contributed by atoms with Crippen LogP contribution in [0.5, 0.6) is 0 Å². The molecule has 2 unspecified atom stereocenters. The zero-order valence-electron chi connectivity index (χ0n) is 12.3. The van der Waals surface area contributed by atoms with Crippen molar-refractivity contribution in [2.75, 3.05) is 25.0 Å². The molecule has 1 heterocycles. The number of alkyl halides is 2. The van der Waals surface area contributed by atoms with Gasteiger partial charge < -0.3 is 10.4 Å². The molecule has 1 saturated heterocycles. The minimum absolute atomic E-state index is 0.189. The predicted octanol–water partition coefficient (Wildman–Crippen LogP) is 2.64. The molecule has 0 aromatic heterocycles. The van der Waals surface area contributed by atoms with Gasteiger partial charge in [0.1, 0.15) is 0 Å².